The van der Waals surface area contributed by atoms with Gasteiger partial charge in [0.2, 0.25) is 11.8 Å². The number of likely N-dealkylation sites (tertiary alicyclic amines) is 2. The van der Waals surface area contributed by atoms with E-state index in [-0.39, 0.29) is 36.0 Å². The van der Waals surface area contributed by atoms with Crippen LogP contribution in [0.15, 0.2) is 24.3 Å². The van der Waals surface area contributed by atoms with E-state index in [9.17, 15) is 14.7 Å². The molecule has 3 aliphatic heterocycles. The lowest BCUT2D eigenvalue weighted by molar-refractivity contribution is -0.133. The SMILES string of the molecule is CN1[C@@H](CCC(=O)N2CCC(O)CC2)CNC(=O)[C@@H]2[C@H]1CCN2Cc1nc2ccccc2n1C. The van der Waals surface area contributed by atoms with Crippen LogP contribution in [0.3, 0.4) is 0 Å². The Hall–Kier alpha value is -2.49. The number of fused-ring (bicyclic) bond motifs is 2. The highest BCUT2D eigenvalue weighted by Gasteiger charge is 2.45. The maximum absolute atomic E-state index is 13.2. The van der Waals surface area contributed by atoms with E-state index in [2.05, 4.69) is 32.8 Å². The molecule has 0 bridgehead atoms. The van der Waals surface area contributed by atoms with Crippen LogP contribution in [0.4, 0.5) is 0 Å². The number of nitrogens with zero attached hydrogens (tertiary/aromatic N) is 5. The van der Waals surface area contributed by atoms with Gasteiger partial charge in [-0.2, -0.15) is 0 Å². The summed E-state index contributed by atoms with van der Waals surface area (Å²) < 4.78 is 2.12. The first-order valence-electron chi connectivity index (χ1n) is 12.5. The predicted octanol–water partition coefficient (Wildman–Crippen LogP) is 0.710. The van der Waals surface area contributed by atoms with E-state index >= 15 is 0 Å². The average Bonchev–Trinajstić information content (AvgIpc) is 3.37. The number of para-hydroxylation sites is 2. The quantitative estimate of drug-likeness (QED) is 0.671. The summed E-state index contributed by atoms with van der Waals surface area (Å²) in [5.41, 5.74) is 2.08. The standard InChI is InChI=1S/C25H36N6O3/c1-28-17(7-8-23(33)30-12-9-18(32)10-13-30)15-26-25(34)24-21(28)11-14-31(24)16-22-27-19-5-3-4-6-20(19)29(22)2/h3-6,17-18,21,24,32H,7-16H2,1-2H3,(H,26,34)/t17-,21+,24-/m0/s1. The van der Waals surface area contributed by atoms with Crippen molar-refractivity contribution < 1.29 is 14.7 Å². The number of carbonyl (C=O) groups excluding carboxylic acids is 2. The average molecular weight is 469 g/mol. The molecule has 0 spiro atoms. The van der Waals surface area contributed by atoms with E-state index < -0.39 is 0 Å². The molecular formula is C25H36N6O3. The molecule has 4 heterocycles. The second-order valence-corrected chi connectivity index (χ2v) is 10.1. The molecule has 5 rings (SSSR count). The molecule has 2 N–H and O–H groups in total. The van der Waals surface area contributed by atoms with Crippen LogP contribution in [0.25, 0.3) is 11.0 Å². The molecule has 0 aliphatic carbocycles. The van der Waals surface area contributed by atoms with Crippen LogP contribution < -0.4 is 5.32 Å². The van der Waals surface area contributed by atoms with Crippen LogP contribution in [0, 0.1) is 0 Å². The van der Waals surface area contributed by atoms with Crippen molar-refractivity contribution in [3.05, 3.63) is 30.1 Å². The zero-order valence-corrected chi connectivity index (χ0v) is 20.2. The summed E-state index contributed by atoms with van der Waals surface area (Å²) in [6, 6.07) is 8.16. The molecule has 2 aromatic rings. The van der Waals surface area contributed by atoms with Gasteiger partial charge in [0.1, 0.15) is 11.9 Å². The third-order valence-corrected chi connectivity index (χ3v) is 8.08. The zero-order valence-electron chi connectivity index (χ0n) is 20.2. The Morgan fingerprint density at radius 1 is 1.15 bits per heavy atom. The smallest absolute Gasteiger partial charge is 0.239 e. The number of aliphatic hydroxyl groups excluding tert-OH is 1. The van der Waals surface area contributed by atoms with Crippen molar-refractivity contribution in [2.45, 2.75) is 62.9 Å². The van der Waals surface area contributed by atoms with Crippen LogP contribution in [0.2, 0.25) is 0 Å². The number of aromatic nitrogens is 2. The van der Waals surface area contributed by atoms with Gasteiger partial charge in [-0.1, -0.05) is 12.1 Å². The van der Waals surface area contributed by atoms with E-state index in [0.717, 1.165) is 36.2 Å². The minimum Gasteiger partial charge on any atom is -0.393 e. The Balaban J connectivity index is 1.23. The topological polar surface area (TPSA) is 93.9 Å². The lowest BCUT2D eigenvalue weighted by Crippen LogP contribution is -2.49. The van der Waals surface area contributed by atoms with Crippen molar-refractivity contribution in [1.29, 1.82) is 0 Å². The van der Waals surface area contributed by atoms with Gasteiger partial charge in [-0.05, 0) is 44.9 Å². The molecule has 1 aromatic heterocycles. The number of likely N-dealkylation sites (N-methyl/N-ethyl adjacent to an activating group) is 1. The largest absolute Gasteiger partial charge is 0.393 e. The molecule has 34 heavy (non-hydrogen) atoms. The molecule has 0 unspecified atom stereocenters. The Bertz CT molecular complexity index is 1050. The third-order valence-electron chi connectivity index (χ3n) is 8.08. The van der Waals surface area contributed by atoms with Crippen LogP contribution >= 0.6 is 0 Å². The number of aliphatic hydroxyl groups is 1. The number of hydrogen-bond donors (Lipinski definition) is 2. The molecule has 0 saturated carbocycles. The normalized spacial score (nSPS) is 27.1. The van der Waals surface area contributed by atoms with Crippen LogP contribution in [0.1, 0.15) is 37.9 Å². The van der Waals surface area contributed by atoms with Gasteiger partial charge in [-0.3, -0.25) is 19.4 Å². The first kappa shape index (κ1) is 23.3. The lowest BCUT2D eigenvalue weighted by Gasteiger charge is -2.34. The Morgan fingerprint density at radius 3 is 2.68 bits per heavy atom. The second kappa shape index (κ2) is 9.64. The fourth-order valence-electron chi connectivity index (χ4n) is 5.91. The lowest BCUT2D eigenvalue weighted by atomic mass is 10.0. The molecule has 9 heteroatoms. The van der Waals surface area contributed by atoms with Gasteiger partial charge in [0.25, 0.3) is 0 Å². The number of amides is 2. The van der Waals surface area contributed by atoms with Crippen molar-refractivity contribution in [2.24, 2.45) is 7.05 Å². The molecule has 184 valence electrons. The van der Waals surface area contributed by atoms with Crippen molar-refractivity contribution >= 4 is 22.8 Å². The number of imidazole rings is 1. The number of piperidine rings is 1. The number of aryl methyl sites for hydroxylation is 1. The minimum atomic E-state index is -0.279. The summed E-state index contributed by atoms with van der Waals surface area (Å²) in [5.74, 6) is 1.20. The second-order valence-electron chi connectivity index (χ2n) is 10.1. The summed E-state index contributed by atoms with van der Waals surface area (Å²) in [7, 11) is 4.14. The Kier molecular flexibility index (Phi) is 6.59. The van der Waals surface area contributed by atoms with E-state index in [4.69, 9.17) is 4.98 Å². The monoisotopic (exact) mass is 468 g/mol. The van der Waals surface area contributed by atoms with Crippen molar-refractivity contribution in [2.75, 3.05) is 33.2 Å². The minimum absolute atomic E-state index is 0.0759. The Morgan fingerprint density at radius 2 is 1.91 bits per heavy atom. The van der Waals surface area contributed by atoms with E-state index in [1.807, 2.05) is 30.1 Å². The maximum atomic E-state index is 13.2. The number of benzene rings is 1. The van der Waals surface area contributed by atoms with Gasteiger partial charge in [0.15, 0.2) is 0 Å². The number of carbonyl (C=O) groups is 2. The summed E-state index contributed by atoms with van der Waals surface area (Å²) in [5, 5.41) is 12.8. The van der Waals surface area contributed by atoms with Crippen LogP contribution in [-0.2, 0) is 23.2 Å². The maximum Gasteiger partial charge on any atom is 0.239 e. The highest BCUT2D eigenvalue weighted by atomic mass is 16.3. The molecule has 3 aliphatic rings. The molecule has 1 aromatic carbocycles. The summed E-state index contributed by atoms with van der Waals surface area (Å²) in [6.45, 7) is 3.32. The number of hydrogen-bond acceptors (Lipinski definition) is 6. The molecule has 0 radical (unpaired) electrons. The predicted molar refractivity (Wildman–Crippen MR) is 129 cm³/mol. The first-order chi connectivity index (χ1) is 16.4. The molecule has 9 nitrogen and oxygen atoms in total. The van der Waals surface area contributed by atoms with Crippen LogP contribution in [0.5, 0.6) is 0 Å². The number of rotatable bonds is 5. The van der Waals surface area contributed by atoms with Crippen molar-refractivity contribution in [3.8, 4) is 0 Å². The van der Waals surface area contributed by atoms with Gasteiger partial charge >= 0.3 is 0 Å². The van der Waals surface area contributed by atoms with Gasteiger partial charge in [0, 0.05) is 51.7 Å². The van der Waals surface area contributed by atoms with Gasteiger partial charge in [-0.25, -0.2) is 4.98 Å². The Labute approximate surface area is 200 Å². The van der Waals surface area contributed by atoms with Gasteiger partial charge < -0.3 is 19.9 Å². The van der Waals surface area contributed by atoms with Crippen molar-refractivity contribution in [1.82, 2.24) is 29.6 Å². The van der Waals surface area contributed by atoms with Crippen LogP contribution in [-0.4, -0.2) is 98.6 Å². The van der Waals surface area contributed by atoms with E-state index in [0.29, 0.717) is 45.4 Å². The van der Waals surface area contributed by atoms with Gasteiger partial charge in [0.05, 0.1) is 23.7 Å². The first-order valence-corrected chi connectivity index (χ1v) is 12.5. The highest BCUT2D eigenvalue weighted by molar-refractivity contribution is 5.83. The number of nitrogens with one attached hydrogen (secondary N) is 1. The van der Waals surface area contributed by atoms with Crippen molar-refractivity contribution in [3.63, 3.8) is 0 Å². The molecule has 3 fully saturated rings. The third kappa shape index (κ3) is 4.44. The van der Waals surface area contributed by atoms with Gasteiger partial charge in [-0.15, -0.1) is 0 Å². The molecule has 2 amide bonds. The summed E-state index contributed by atoms with van der Waals surface area (Å²) >= 11 is 0. The van der Waals surface area contributed by atoms with E-state index in [1.54, 1.807) is 0 Å². The zero-order chi connectivity index (χ0) is 23.8. The molecule has 3 atom stereocenters. The highest BCUT2D eigenvalue weighted by Crippen LogP contribution is 2.29. The fourth-order valence-corrected chi connectivity index (χ4v) is 5.91. The molecular weight excluding hydrogens is 432 g/mol. The summed E-state index contributed by atoms with van der Waals surface area (Å²) in [6.07, 6.45) is 3.17. The molecule has 3 saturated heterocycles. The summed E-state index contributed by atoms with van der Waals surface area (Å²) in [4.78, 5) is 37.1. The van der Waals surface area contributed by atoms with E-state index in [1.165, 1.54) is 0 Å². The fraction of sp³-hybridized carbons (Fsp3) is 0.640.